The molecule has 0 spiro atoms. The SMILES string of the molecule is Nc1cc(F)c(Br)cc1Nc1ccccc1Br. The molecule has 2 aromatic rings. The average Bonchev–Trinajstić information content (AvgIpc) is 2.29. The highest BCUT2D eigenvalue weighted by Gasteiger charge is 2.07. The predicted molar refractivity (Wildman–Crippen MR) is 75.9 cm³/mol. The lowest BCUT2D eigenvalue weighted by Gasteiger charge is -2.11. The monoisotopic (exact) mass is 358 g/mol. The molecule has 0 heterocycles. The summed E-state index contributed by atoms with van der Waals surface area (Å²) in [7, 11) is 0. The van der Waals surface area contributed by atoms with E-state index in [0.29, 0.717) is 15.8 Å². The number of halogens is 3. The Bertz CT molecular complexity index is 558. The van der Waals surface area contributed by atoms with Gasteiger partial charge in [0.2, 0.25) is 0 Å². The summed E-state index contributed by atoms with van der Waals surface area (Å²) in [6.07, 6.45) is 0. The van der Waals surface area contributed by atoms with Crippen LogP contribution in [0, 0.1) is 5.82 Å². The third-order valence-electron chi connectivity index (χ3n) is 2.24. The molecule has 0 aromatic heterocycles. The highest BCUT2D eigenvalue weighted by Crippen LogP contribution is 2.31. The van der Waals surface area contributed by atoms with Gasteiger partial charge in [-0.15, -0.1) is 0 Å². The van der Waals surface area contributed by atoms with E-state index in [1.54, 1.807) is 6.07 Å². The summed E-state index contributed by atoms with van der Waals surface area (Å²) in [6.45, 7) is 0. The third kappa shape index (κ3) is 2.79. The number of hydrogen-bond donors (Lipinski definition) is 2. The van der Waals surface area contributed by atoms with Crippen LogP contribution in [0.25, 0.3) is 0 Å². The molecule has 0 atom stereocenters. The lowest BCUT2D eigenvalue weighted by atomic mass is 10.2. The smallest absolute Gasteiger partial charge is 0.139 e. The van der Waals surface area contributed by atoms with Crippen molar-refractivity contribution in [3.05, 3.63) is 51.2 Å². The number of nitrogens with one attached hydrogen (secondary N) is 1. The van der Waals surface area contributed by atoms with Crippen LogP contribution in [-0.4, -0.2) is 0 Å². The molecule has 0 saturated carbocycles. The molecule has 0 unspecified atom stereocenters. The summed E-state index contributed by atoms with van der Waals surface area (Å²) in [6, 6.07) is 10.5. The highest BCUT2D eigenvalue weighted by atomic mass is 79.9. The minimum atomic E-state index is -0.375. The van der Waals surface area contributed by atoms with Crippen molar-refractivity contribution in [3.8, 4) is 0 Å². The molecule has 2 rings (SSSR count). The molecule has 0 aliphatic rings. The molecule has 2 aromatic carbocycles. The lowest BCUT2D eigenvalue weighted by Crippen LogP contribution is -1.98. The maximum Gasteiger partial charge on any atom is 0.139 e. The molecular formula is C12H9Br2FN2. The molecule has 0 aliphatic carbocycles. The number of nitrogens with two attached hydrogens (primary N) is 1. The zero-order valence-electron chi connectivity index (χ0n) is 8.68. The first kappa shape index (κ1) is 12.4. The molecular weight excluding hydrogens is 351 g/mol. The van der Waals surface area contributed by atoms with Crippen molar-refractivity contribution in [3.63, 3.8) is 0 Å². The van der Waals surface area contributed by atoms with E-state index in [9.17, 15) is 4.39 Å². The van der Waals surface area contributed by atoms with E-state index in [1.807, 2.05) is 24.3 Å². The van der Waals surface area contributed by atoms with Crippen molar-refractivity contribution in [2.45, 2.75) is 0 Å². The zero-order chi connectivity index (χ0) is 12.4. The maximum absolute atomic E-state index is 13.2. The molecule has 0 amide bonds. The van der Waals surface area contributed by atoms with E-state index in [1.165, 1.54) is 6.07 Å². The summed E-state index contributed by atoms with van der Waals surface area (Å²) in [5, 5.41) is 3.14. The first-order valence-corrected chi connectivity index (χ1v) is 6.42. The van der Waals surface area contributed by atoms with Crippen LogP contribution < -0.4 is 11.1 Å². The summed E-state index contributed by atoms with van der Waals surface area (Å²) in [5.41, 5.74) is 7.64. The van der Waals surface area contributed by atoms with Crippen molar-refractivity contribution in [1.29, 1.82) is 0 Å². The molecule has 0 aliphatic heterocycles. The van der Waals surface area contributed by atoms with Crippen LogP contribution in [0.1, 0.15) is 0 Å². The molecule has 0 saturated heterocycles. The van der Waals surface area contributed by atoms with Gasteiger partial charge < -0.3 is 11.1 Å². The van der Waals surface area contributed by atoms with E-state index in [2.05, 4.69) is 37.2 Å². The minimum absolute atomic E-state index is 0.362. The Labute approximate surface area is 115 Å². The Hall–Kier alpha value is -1.07. The van der Waals surface area contributed by atoms with Crippen molar-refractivity contribution < 1.29 is 4.39 Å². The van der Waals surface area contributed by atoms with Gasteiger partial charge in [-0.1, -0.05) is 12.1 Å². The van der Waals surface area contributed by atoms with Gasteiger partial charge in [-0.3, -0.25) is 0 Å². The van der Waals surface area contributed by atoms with Gasteiger partial charge in [-0.2, -0.15) is 0 Å². The Balaban J connectivity index is 2.37. The summed E-state index contributed by atoms with van der Waals surface area (Å²) in [4.78, 5) is 0. The molecule has 2 nitrogen and oxygen atoms in total. The second kappa shape index (κ2) is 5.06. The van der Waals surface area contributed by atoms with Gasteiger partial charge in [-0.05, 0) is 50.1 Å². The first-order chi connectivity index (χ1) is 8.08. The molecule has 3 N–H and O–H groups in total. The molecule has 17 heavy (non-hydrogen) atoms. The minimum Gasteiger partial charge on any atom is -0.397 e. The predicted octanol–water partition coefficient (Wildman–Crippen LogP) is 4.68. The van der Waals surface area contributed by atoms with Gasteiger partial charge in [0.05, 0.1) is 21.5 Å². The van der Waals surface area contributed by atoms with Gasteiger partial charge >= 0.3 is 0 Å². The normalized spacial score (nSPS) is 10.3. The fraction of sp³-hybridized carbons (Fsp3) is 0. The Morgan fingerprint density at radius 3 is 2.41 bits per heavy atom. The fourth-order valence-electron chi connectivity index (χ4n) is 1.38. The highest BCUT2D eigenvalue weighted by molar-refractivity contribution is 9.10. The van der Waals surface area contributed by atoms with Crippen molar-refractivity contribution >= 4 is 48.9 Å². The van der Waals surface area contributed by atoms with Crippen molar-refractivity contribution in [1.82, 2.24) is 0 Å². The number of benzene rings is 2. The van der Waals surface area contributed by atoms with Crippen molar-refractivity contribution in [2.75, 3.05) is 11.1 Å². The topological polar surface area (TPSA) is 38.0 Å². The quantitative estimate of drug-likeness (QED) is 0.764. The van der Waals surface area contributed by atoms with Crippen LogP contribution in [0.2, 0.25) is 0 Å². The molecule has 0 radical (unpaired) electrons. The standard InChI is InChI=1S/C12H9Br2FN2/c13-7-3-1-2-4-11(7)17-12-5-8(14)9(15)6-10(12)16/h1-6,17H,16H2. The summed E-state index contributed by atoms with van der Waals surface area (Å²) >= 11 is 6.55. The maximum atomic E-state index is 13.2. The third-order valence-corrected chi connectivity index (χ3v) is 3.53. The van der Waals surface area contributed by atoms with E-state index in [-0.39, 0.29) is 5.82 Å². The van der Waals surface area contributed by atoms with Crippen molar-refractivity contribution in [2.24, 2.45) is 0 Å². The van der Waals surface area contributed by atoms with Crippen LogP contribution in [0.4, 0.5) is 21.5 Å². The zero-order valence-corrected chi connectivity index (χ0v) is 11.8. The van der Waals surface area contributed by atoms with Crippen LogP contribution in [0.15, 0.2) is 45.3 Å². The largest absolute Gasteiger partial charge is 0.397 e. The van der Waals surface area contributed by atoms with E-state index < -0.39 is 0 Å². The van der Waals surface area contributed by atoms with E-state index >= 15 is 0 Å². The van der Waals surface area contributed by atoms with Gasteiger partial charge in [0.1, 0.15) is 5.82 Å². The Morgan fingerprint density at radius 2 is 1.71 bits per heavy atom. The van der Waals surface area contributed by atoms with E-state index in [4.69, 9.17) is 5.73 Å². The average molecular weight is 360 g/mol. The van der Waals surface area contributed by atoms with Gasteiger partial charge in [0.15, 0.2) is 0 Å². The molecule has 0 fully saturated rings. The van der Waals surface area contributed by atoms with Crippen LogP contribution >= 0.6 is 31.9 Å². The van der Waals surface area contributed by atoms with Gasteiger partial charge in [0.25, 0.3) is 0 Å². The summed E-state index contributed by atoms with van der Waals surface area (Å²) in [5.74, 6) is -0.375. The fourth-order valence-corrected chi connectivity index (χ4v) is 2.11. The lowest BCUT2D eigenvalue weighted by molar-refractivity contribution is 0.622. The molecule has 88 valence electrons. The van der Waals surface area contributed by atoms with Crippen LogP contribution in [0.3, 0.4) is 0 Å². The van der Waals surface area contributed by atoms with Crippen LogP contribution in [-0.2, 0) is 0 Å². The number of rotatable bonds is 2. The Morgan fingerprint density at radius 1 is 1.00 bits per heavy atom. The molecule has 0 bridgehead atoms. The number of nitrogen functional groups attached to an aromatic ring is 1. The van der Waals surface area contributed by atoms with E-state index in [0.717, 1.165) is 10.2 Å². The first-order valence-electron chi connectivity index (χ1n) is 4.84. The van der Waals surface area contributed by atoms with Gasteiger partial charge in [-0.25, -0.2) is 4.39 Å². The second-order valence-corrected chi connectivity index (χ2v) is 5.17. The second-order valence-electron chi connectivity index (χ2n) is 3.46. The number of para-hydroxylation sites is 1. The molecule has 5 heteroatoms. The summed E-state index contributed by atoms with van der Waals surface area (Å²) < 4.78 is 14.5. The van der Waals surface area contributed by atoms with Crippen LogP contribution in [0.5, 0.6) is 0 Å². The van der Waals surface area contributed by atoms with Gasteiger partial charge in [0, 0.05) is 10.5 Å². The number of hydrogen-bond acceptors (Lipinski definition) is 2. The number of anilines is 3. The Kier molecular flexibility index (Phi) is 3.69.